The van der Waals surface area contributed by atoms with Crippen molar-refractivity contribution in [3.63, 3.8) is 0 Å². The van der Waals surface area contributed by atoms with Gasteiger partial charge in [-0.15, -0.1) is 11.3 Å². The normalized spacial score (nSPS) is 11.6. The first-order valence-electron chi connectivity index (χ1n) is 8.88. The van der Waals surface area contributed by atoms with E-state index in [1.807, 2.05) is 36.6 Å². The van der Waals surface area contributed by atoms with Gasteiger partial charge in [0.25, 0.3) is 5.91 Å². The van der Waals surface area contributed by atoms with E-state index in [0.29, 0.717) is 28.3 Å². The molecule has 0 saturated heterocycles. The van der Waals surface area contributed by atoms with Gasteiger partial charge in [-0.1, -0.05) is 55.8 Å². The molecule has 1 heterocycles. The summed E-state index contributed by atoms with van der Waals surface area (Å²) in [6.45, 7) is 2.02. The molecule has 3 aromatic rings. The molecule has 4 nitrogen and oxygen atoms in total. The van der Waals surface area contributed by atoms with E-state index in [9.17, 15) is 9.59 Å². The Balaban J connectivity index is 1.73. The maximum atomic E-state index is 12.8. The Bertz CT molecular complexity index is 891. The van der Waals surface area contributed by atoms with Crippen LogP contribution in [0.1, 0.15) is 39.8 Å². The standard InChI is InChI=1S/C22H21NO3S/c1-2-8-19(21(24)16-9-4-3-5-10-16)26-18-12-6-11-17(15-18)23-22(25)20-13-7-14-27-20/h3-7,9-15,19H,2,8H2,1H3,(H,23,25). The van der Waals surface area contributed by atoms with Crippen molar-refractivity contribution in [2.45, 2.75) is 25.9 Å². The van der Waals surface area contributed by atoms with Gasteiger partial charge in [-0.3, -0.25) is 9.59 Å². The van der Waals surface area contributed by atoms with Crippen molar-refractivity contribution < 1.29 is 14.3 Å². The molecule has 0 aliphatic carbocycles. The van der Waals surface area contributed by atoms with Crippen LogP contribution in [0.25, 0.3) is 0 Å². The number of carbonyl (C=O) groups excluding carboxylic acids is 2. The molecule has 2 aromatic carbocycles. The molecule has 1 atom stereocenters. The van der Waals surface area contributed by atoms with Gasteiger partial charge in [0.15, 0.2) is 6.10 Å². The van der Waals surface area contributed by atoms with Gasteiger partial charge in [0.2, 0.25) is 5.78 Å². The quantitative estimate of drug-likeness (QED) is 0.531. The highest BCUT2D eigenvalue weighted by atomic mass is 32.1. The minimum absolute atomic E-state index is 0.0366. The van der Waals surface area contributed by atoms with Crippen molar-refractivity contribution >= 4 is 28.7 Å². The number of benzene rings is 2. The molecule has 1 amide bonds. The number of thiophene rings is 1. The molecule has 0 aliphatic heterocycles. The lowest BCUT2D eigenvalue weighted by Crippen LogP contribution is -2.27. The van der Waals surface area contributed by atoms with Crippen LogP contribution in [0.3, 0.4) is 0 Å². The average Bonchev–Trinajstić information content (AvgIpc) is 3.23. The zero-order valence-electron chi connectivity index (χ0n) is 15.1. The first-order valence-corrected chi connectivity index (χ1v) is 9.76. The fourth-order valence-corrected chi connectivity index (χ4v) is 3.32. The van der Waals surface area contributed by atoms with Crippen molar-refractivity contribution in [3.8, 4) is 5.75 Å². The molecule has 1 unspecified atom stereocenters. The highest BCUT2D eigenvalue weighted by Gasteiger charge is 2.21. The molecule has 0 radical (unpaired) electrons. The summed E-state index contributed by atoms with van der Waals surface area (Å²) in [7, 11) is 0. The van der Waals surface area contributed by atoms with Crippen molar-refractivity contribution in [1.82, 2.24) is 0 Å². The minimum atomic E-state index is -0.555. The number of Topliss-reactive ketones (excluding diaryl/α,β-unsaturated/α-hetero) is 1. The third kappa shape index (κ3) is 5.05. The van der Waals surface area contributed by atoms with E-state index >= 15 is 0 Å². The Morgan fingerprint density at radius 2 is 1.85 bits per heavy atom. The SMILES string of the molecule is CCCC(Oc1cccc(NC(=O)c2cccs2)c1)C(=O)c1ccccc1. The van der Waals surface area contributed by atoms with E-state index in [-0.39, 0.29) is 11.7 Å². The number of carbonyl (C=O) groups is 2. The number of rotatable bonds is 8. The smallest absolute Gasteiger partial charge is 0.265 e. The summed E-state index contributed by atoms with van der Waals surface area (Å²) in [5.74, 6) is 0.361. The van der Waals surface area contributed by atoms with Crippen LogP contribution in [-0.4, -0.2) is 17.8 Å². The fraction of sp³-hybridized carbons (Fsp3) is 0.182. The maximum Gasteiger partial charge on any atom is 0.265 e. The van der Waals surface area contributed by atoms with Crippen molar-refractivity contribution in [2.75, 3.05) is 5.32 Å². The zero-order chi connectivity index (χ0) is 19.1. The number of hydrogen-bond acceptors (Lipinski definition) is 4. The summed E-state index contributed by atoms with van der Waals surface area (Å²) in [4.78, 5) is 25.6. The summed E-state index contributed by atoms with van der Waals surface area (Å²) in [6.07, 6.45) is 0.901. The van der Waals surface area contributed by atoms with Gasteiger partial charge in [0, 0.05) is 17.3 Å². The van der Waals surface area contributed by atoms with Crippen LogP contribution in [0, 0.1) is 0 Å². The minimum Gasteiger partial charge on any atom is -0.482 e. The summed E-state index contributed by atoms with van der Waals surface area (Å²) in [6, 6.07) is 19.9. The van der Waals surface area contributed by atoms with Crippen LogP contribution in [0.2, 0.25) is 0 Å². The molecule has 0 fully saturated rings. The maximum absolute atomic E-state index is 12.8. The Kier molecular flexibility index (Phi) is 6.39. The van der Waals surface area contributed by atoms with E-state index in [1.54, 1.807) is 42.5 Å². The number of nitrogens with one attached hydrogen (secondary N) is 1. The number of anilines is 1. The molecule has 27 heavy (non-hydrogen) atoms. The van der Waals surface area contributed by atoms with E-state index < -0.39 is 6.10 Å². The van der Waals surface area contributed by atoms with Crippen LogP contribution < -0.4 is 10.1 Å². The second kappa shape index (κ2) is 9.14. The molecule has 0 spiro atoms. The average molecular weight is 379 g/mol. The lowest BCUT2D eigenvalue weighted by Gasteiger charge is -2.18. The molecule has 1 aromatic heterocycles. The Hall–Kier alpha value is -2.92. The van der Waals surface area contributed by atoms with Crippen LogP contribution in [-0.2, 0) is 0 Å². The lowest BCUT2D eigenvalue weighted by molar-refractivity contribution is 0.0777. The first-order chi connectivity index (χ1) is 13.2. The van der Waals surface area contributed by atoms with Crippen LogP contribution in [0.4, 0.5) is 5.69 Å². The van der Waals surface area contributed by atoms with Gasteiger partial charge in [0.05, 0.1) is 4.88 Å². The number of amides is 1. The molecule has 3 rings (SSSR count). The molecule has 0 aliphatic rings. The highest BCUT2D eigenvalue weighted by Crippen LogP contribution is 2.22. The summed E-state index contributed by atoms with van der Waals surface area (Å²) in [5, 5.41) is 4.72. The largest absolute Gasteiger partial charge is 0.482 e. The van der Waals surface area contributed by atoms with Crippen molar-refractivity contribution in [2.24, 2.45) is 0 Å². The highest BCUT2D eigenvalue weighted by molar-refractivity contribution is 7.12. The Labute approximate surface area is 162 Å². The van der Waals surface area contributed by atoms with Gasteiger partial charge >= 0.3 is 0 Å². The lowest BCUT2D eigenvalue weighted by atomic mass is 10.0. The van der Waals surface area contributed by atoms with Gasteiger partial charge in [-0.25, -0.2) is 0 Å². The zero-order valence-corrected chi connectivity index (χ0v) is 15.9. The molecule has 5 heteroatoms. The molecule has 0 bridgehead atoms. The second-order valence-electron chi connectivity index (χ2n) is 6.08. The topological polar surface area (TPSA) is 55.4 Å². The predicted octanol–water partition coefficient (Wildman–Crippen LogP) is 5.43. The monoisotopic (exact) mass is 379 g/mol. The van der Waals surface area contributed by atoms with E-state index in [1.165, 1.54) is 11.3 Å². The molecule has 0 saturated carbocycles. The van der Waals surface area contributed by atoms with Gasteiger partial charge in [-0.05, 0) is 30.0 Å². The number of ketones is 1. The van der Waals surface area contributed by atoms with Gasteiger partial charge in [0.1, 0.15) is 5.75 Å². The third-order valence-corrected chi connectivity index (χ3v) is 4.89. The molecule has 138 valence electrons. The predicted molar refractivity (Wildman–Crippen MR) is 109 cm³/mol. The fourth-order valence-electron chi connectivity index (χ4n) is 2.71. The molecular formula is C22H21NO3S. The van der Waals surface area contributed by atoms with Crippen molar-refractivity contribution in [1.29, 1.82) is 0 Å². The van der Waals surface area contributed by atoms with Crippen LogP contribution in [0.5, 0.6) is 5.75 Å². The Morgan fingerprint density at radius 1 is 1.04 bits per heavy atom. The Morgan fingerprint density at radius 3 is 2.56 bits per heavy atom. The summed E-state index contributed by atoms with van der Waals surface area (Å²) < 4.78 is 5.99. The van der Waals surface area contributed by atoms with Crippen LogP contribution >= 0.6 is 11.3 Å². The second-order valence-corrected chi connectivity index (χ2v) is 7.03. The number of ether oxygens (including phenoxy) is 1. The van der Waals surface area contributed by atoms with E-state index in [2.05, 4.69) is 5.32 Å². The summed E-state index contributed by atoms with van der Waals surface area (Å²) >= 11 is 1.39. The summed E-state index contributed by atoms with van der Waals surface area (Å²) in [5.41, 5.74) is 1.27. The van der Waals surface area contributed by atoms with Crippen LogP contribution in [0.15, 0.2) is 72.1 Å². The molecular weight excluding hydrogens is 358 g/mol. The third-order valence-electron chi connectivity index (χ3n) is 4.02. The van der Waals surface area contributed by atoms with Gasteiger partial charge < -0.3 is 10.1 Å². The first kappa shape index (κ1) is 18.9. The number of hydrogen-bond donors (Lipinski definition) is 1. The van der Waals surface area contributed by atoms with E-state index in [4.69, 9.17) is 4.74 Å². The van der Waals surface area contributed by atoms with Crippen molar-refractivity contribution in [3.05, 3.63) is 82.6 Å². The van der Waals surface area contributed by atoms with Gasteiger partial charge in [-0.2, -0.15) is 0 Å². The van der Waals surface area contributed by atoms with E-state index in [0.717, 1.165) is 6.42 Å². The molecule has 1 N–H and O–H groups in total.